The monoisotopic (exact) mass is 438 g/mol. The second-order valence-corrected chi connectivity index (χ2v) is 9.65. The molecule has 5 atom stereocenters. The molecule has 3 amide bonds. The predicted molar refractivity (Wildman–Crippen MR) is 126 cm³/mol. The fourth-order valence-corrected chi connectivity index (χ4v) is 6.43. The Hall–Kier alpha value is -3.47. The van der Waals surface area contributed by atoms with Gasteiger partial charge in [-0.1, -0.05) is 66.7 Å². The van der Waals surface area contributed by atoms with Gasteiger partial charge in [-0.05, 0) is 48.1 Å². The molecule has 3 aliphatic rings. The number of likely N-dealkylation sites (tertiary alicyclic amines) is 1. The van der Waals surface area contributed by atoms with E-state index in [0.29, 0.717) is 23.9 Å². The van der Waals surface area contributed by atoms with E-state index in [9.17, 15) is 14.4 Å². The summed E-state index contributed by atoms with van der Waals surface area (Å²) >= 11 is 0. The summed E-state index contributed by atoms with van der Waals surface area (Å²) in [5.74, 6) is -0.499. The summed E-state index contributed by atoms with van der Waals surface area (Å²) in [5.41, 5.74) is 1.62. The number of hydrogen-bond acceptors (Lipinski definition) is 3. The van der Waals surface area contributed by atoms with E-state index in [0.717, 1.165) is 35.6 Å². The van der Waals surface area contributed by atoms with E-state index in [2.05, 4.69) is 5.32 Å². The lowest BCUT2D eigenvalue weighted by Gasteiger charge is -2.27. The third-order valence-electron chi connectivity index (χ3n) is 7.90. The quantitative estimate of drug-likeness (QED) is 0.600. The summed E-state index contributed by atoms with van der Waals surface area (Å²) in [6, 6.07) is 22.4. The zero-order chi connectivity index (χ0) is 22.5. The first-order chi connectivity index (χ1) is 16.1. The lowest BCUT2D eigenvalue weighted by molar-refractivity contribution is -0.147. The lowest BCUT2D eigenvalue weighted by Crippen LogP contribution is -2.49. The van der Waals surface area contributed by atoms with Gasteiger partial charge in [0.2, 0.25) is 17.7 Å². The fourth-order valence-electron chi connectivity index (χ4n) is 6.43. The van der Waals surface area contributed by atoms with Gasteiger partial charge >= 0.3 is 0 Å². The maximum atomic E-state index is 13.7. The van der Waals surface area contributed by atoms with Crippen LogP contribution in [-0.4, -0.2) is 28.7 Å². The van der Waals surface area contributed by atoms with Crippen molar-refractivity contribution < 1.29 is 14.4 Å². The van der Waals surface area contributed by atoms with Crippen LogP contribution < -0.4 is 5.32 Å². The number of carbonyl (C=O) groups excluding carboxylic acids is 3. The minimum Gasteiger partial charge on any atom is -0.324 e. The number of benzene rings is 3. The number of anilines is 1. The van der Waals surface area contributed by atoms with Crippen LogP contribution in [0.3, 0.4) is 0 Å². The number of carbonyl (C=O) groups is 3. The molecule has 1 saturated heterocycles. The number of hydrogen-bond donors (Lipinski definition) is 1. The molecule has 166 valence electrons. The van der Waals surface area contributed by atoms with Crippen molar-refractivity contribution in [1.29, 1.82) is 0 Å². The Morgan fingerprint density at radius 1 is 0.848 bits per heavy atom. The molecule has 33 heavy (non-hydrogen) atoms. The van der Waals surface area contributed by atoms with Crippen molar-refractivity contribution in [3.63, 3.8) is 0 Å². The van der Waals surface area contributed by atoms with Crippen molar-refractivity contribution >= 4 is 34.2 Å². The summed E-state index contributed by atoms with van der Waals surface area (Å²) in [4.78, 5) is 42.0. The summed E-state index contributed by atoms with van der Waals surface area (Å²) < 4.78 is 0. The first-order valence-corrected chi connectivity index (χ1v) is 11.8. The molecule has 0 spiro atoms. The van der Waals surface area contributed by atoms with Crippen molar-refractivity contribution in [2.24, 2.45) is 23.7 Å². The SMILES string of the molecule is O=C(Nc1cccc2ccccc12)[C@H](Cc1ccccc1)N1C(=O)[C@H]2[C@@H]3CC[C@@H](C3)[C@@H]2C1=O. The van der Waals surface area contributed by atoms with Crippen molar-refractivity contribution in [2.75, 3.05) is 5.32 Å². The van der Waals surface area contributed by atoms with Crippen LogP contribution in [0.25, 0.3) is 10.8 Å². The molecule has 6 rings (SSSR count). The minimum absolute atomic E-state index is 0.147. The standard InChI is InChI=1S/C28H26N2O3/c31-26(29-22-12-6-10-18-9-4-5-11-21(18)22)23(15-17-7-2-1-3-8-17)30-27(32)24-19-13-14-20(16-19)25(24)28(30)33/h1-12,19-20,23-25H,13-16H2,(H,29,31)/t19-,20+,23-,24-,25-/m0/s1. The largest absolute Gasteiger partial charge is 0.324 e. The van der Waals surface area contributed by atoms with Gasteiger partial charge in [0.05, 0.1) is 11.8 Å². The molecule has 2 bridgehead atoms. The zero-order valence-corrected chi connectivity index (χ0v) is 18.3. The Kier molecular flexibility index (Phi) is 4.79. The predicted octanol–water partition coefficient (Wildman–Crippen LogP) is 4.42. The molecule has 2 aliphatic carbocycles. The molecule has 0 unspecified atom stereocenters. The van der Waals surface area contributed by atoms with Gasteiger partial charge in [0.1, 0.15) is 6.04 Å². The summed E-state index contributed by atoms with van der Waals surface area (Å²) in [7, 11) is 0. The van der Waals surface area contributed by atoms with Gasteiger partial charge in [-0.25, -0.2) is 0 Å². The number of imide groups is 1. The number of fused-ring (bicyclic) bond motifs is 6. The van der Waals surface area contributed by atoms with Crippen LogP contribution >= 0.6 is 0 Å². The maximum absolute atomic E-state index is 13.7. The molecule has 3 aromatic carbocycles. The van der Waals surface area contributed by atoms with E-state index in [1.165, 1.54) is 4.90 Å². The van der Waals surface area contributed by atoms with Crippen LogP contribution in [-0.2, 0) is 20.8 Å². The van der Waals surface area contributed by atoms with Crippen LogP contribution in [0.15, 0.2) is 72.8 Å². The highest BCUT2D eigenvalue weighted by molar-refractivity contribution is 6.12. The topological polar surface area (TPSA) is 66.5 Å². The molecule has 3 fully saturated rings. The van der Waals surface area contributed by atoms with Gasteiger partial charge in [0, 0.05) is 17.5 Å². The van der Waals surface area contributed by atoms with E-state index < -0.39 is 6.04 Å². The number of nitrogens with one attached hydrogen (secondary N) is 1. The molecule has 0 radical (unpaired) electrons. The minimum atomic E-state index is -0.864. The van der Waals surface area contributed by atoms with Crippen molar-refractivity contribution in [2.45, 2.75) is 31.7 Å². The molecule has 1 heterocycles. The van der Waals surface area contributed by atoms with E-state index in [1.807, 2.05) is 72.8 Å². The van der Waals surface area contributed by atoms with Gasteiger partial charge < -0.3 is 5.32 Å². The van der Waals surface area contributed by atoms with Gasteiger partial charge in [0.15, 0.2) is 0 Å². The van der Waals surface area contributed by atoms with Gasteiger partial charge in [0.25, 0.3) is 0 Å². The highest BCUT2D eigenvalue weighted by Gasteiger charge is 2.62. The Morgan fingerprint density at radius 2 is 1.48 bits per heavy atom. The summed E-state index contributed by atoms with van der Waals surface area (Å²) in [6.45, 7) is 0. The molecule has 5 heteroatoms. The average molecular weight is 439 g/mol. The highest BCUT2D eigenvalue weighted by atomic mass is 16.2. The molecule has 5 nitrogen and oxygen atoms in total. The van der Waals surface area contributed by atoms with E-state index >= 15 is 0 Å². The highest BCUT2D eigenvalue weighted by Crippen LogP contribution is 2.56. The Bertz CT molecular complexity index is 1220. The number of rotatable bonds is 5. The molecule has 0 aromatic heterocycles. The van der Waals surface area contributed by atoms with Crippen molar-refractivity contribution in [3.05, 3.63) is 78.4 Å². The fraction of sp³-hybridized carbons (Fsp3) is 0.321. The van der Waals surface area contributed by atoms with E-state index in [4.69, 9.17) is 0 Å². The number of nitrogens with zero attached hydrogens (tertiary/aromatic N) is 1. The first kappa shape index (κ1) is 20.2. The Morgan fingerprint density at radius 3 is 2.21 bits per heavy atom. The molecular weight excluding hydrogens is 412 g/mol. The van der Waals surface area contributed by atoms with Crippen LogP contribution in [0.4, 0.5) is 5.69 Å². The number of amides is 3. The van der Waals surface area contributed by atoms with Crippen LogP contribution in [0.1, 0.15) is 24.8 Å². The van der Waals surface area contributed by atoms with Crippen LogP contribution in [0, 0.1) is 23.7 Å². The third-order valence-corrected chi connectivity index (χ3v) is 7.90. The summed E-state index contributed by atoms with van der Waals surface area (Å²) in [6.07, 6.45) is 3.32. The van der Waals surface area contributed by atoms with Gasteiger partial charge in [-0.3, -0.25) is 19.3 Å². The summed E-state index contributed by atoms with van der Waals surface area (Å²) in [5, 5.41) is 5.00. The average Bonchev–Trinajstić information content (AvgIpc) is 3.52. The molecule has 1 N–H and O–H groups in total. The molecule has 2 saturated carbocycles. The second kappa shape index (κ2) is 7.84. The van der Waals surface area contributed by atoms with Crippen molar-refractivity contribution in [1.82, 2.24) is 4.90 Å². The smallest absolute Gasteiger partial charge is 0.248 e. The normalized spacial score (nSPS) is 26.6. The van der Waals surface area contributed by atoms with Crippen LogP contribution in [0.2, 0.25) is 0 Å². The first-order valence-electron chi connectivity index (χ1n) is 11.8. The van der Waals surface area contributed by atoms with Crippen molar-refractivity contribution in [3.8, 4) is 0 Å². The van der Waals surface area contributed by atoms with E-state index in [1.54, 1.807) is 0 Å². The van der Waals surface area contributed by atoms with Gasteiger partial charge in [-0.15, -0.1) is 0 Å². The maximum Gasteiger partial charge on any atom is 0.248 e. The zero-order valence-electron chi connectivity index (χ0n) is 18.3. The molecular formula is C28H26N2O3. The Balaban J connectivity index is 1.35. The lowest BCUT2D eigenvalue weighted by atomic mass is 9.81. The van der Waals surface area contributed by atoms with Gasteiger partial charge in [-0.2, -0.15) is 0 Å². The molecule has 1 aliphatic heterocycles. The Labute approximate surface area is 192 Å². The van der Waals surface area contributed by atoms with Crippen LogP contribution in [0.5, 0.6) is 0 Å². The molecule has 3 aromatic rings. The third kappa shape index (κ3) is 3.26. The second-order valence-electron chi connectivity index (χ2n) is 9.65. The van der Waals surface area contributed by atoms with E-state index in [-0.39, 0.29) is 29.6 Å².